The molecule has 0 saturated heterocycles. The Bertz CT molecular complexity index is 370. The molecule has 2 N–H and O–H groups in total. The van der Waals surface area contributed by atoms with Crippen LogP contribution in [0.25, 0.3) is 0 Å². The van der Waals surface area contributed by atoms with Crippen LogP contribution in [0.2, 0.25) is 0 Å². The van der Waals surface area contributed by atoms with E-state index in [2.05, 4.69) is 4.90 Å². The van der Waals surface area contributed by atoms with Crippen molar-refractivity contribution < 1.29 is 4.74 Å². The van der Waals surface area contributed by atoms with Crippen LogP contribution in [0.5, 0.6) is 0 Å². The summed E-state index contributed by atoms with van der Waals surface area (Å²) in [5.74, 6) is 0. The summed E-state index contributed by atoms with van der Waals surface area (Å²) in [5.41, 5.74) is 5.57. The molecule has 1 heterocycles. The molecule has 0 radical (unpaired) electrons. The molecule has 1 rings (SSSR count). The second-order valence-corrected chi connectivity index (χ2v) is 4.21. The number of aromatic nitrogens is 1. The van der Waals surface area contributed by atoms with Crippen LogP contribution in [-0.4, -0.2) is 49.4 Å². The maximum atomic E-state index is 11.6. The van der Waals surface area contributed by atoms with E-state index in [1.165, 1.54) is 0 Å². The lowest BCUT2D eigenvalue weighted by atomic mass is 10.3. The number of pyridine rings is 1. The largest absolute Gasteiger partial charge is 0.383 e. The summed E-state index contributed by atoms with van der Waals surface area (Å²) in [5, 5.41) is 0. The van der Waals surface area contributed by atoms with Gasteiger partial charge in [0.05, 0.1) is 6.61 Å². The molecule has 0 aromatic carbocycles. The van der Waals surface area contributed by atoms with Crippen LogP contribution >= 0.6 is 0 Å². The van der Waals surface area contributed by atoms with Gasteiger partial charge in [0.25, 0.3) is 5.56 Å². The third-order valence-electron chi connectivity index (χ3n) is 2.85. The van der Waals surface area contributed by atoms with Crippen LogP contribution in [0.15, 0.2) is 29.2 Å². The van der Waals surface area contributed by atoms with Crippen molar-refractivity contribution in [1.29, 1.82) is 0 Å². The molecule has 0 fully saturated rings. The van der Waals surface area contributed by atoms with Crippen molar-refractivity contribution in [2.75, 3.05) is 39.9 Å². The van der Waals surface area contributed by atoms with Crippen LogP contribution in [-0.2, 0) is 11.3 Å². The van der Waals surface area contributed by atoms with Gasteiger partial charge in [0.15, 0.2) is 0 Å². The summed E-state index contributed by atoms with van der Waals surface area (Å²) in [6, 6.07) is 5.22. The quantitative estimate of drug-likeness (QED) is 0.680. The molecule has 0 aliphatic rings. The van der Waals surface area contributed by atoms with E-state index in [0.29, 0.717) is 19.7 Å². The molecule has 102 valence electrons. The number of nitrogens with zero attached hydrogens (tertiary/aromatic N) is 2. The first-order chi connectivity index (χ1) is 8.77. The highest BCUT2D eigenvalue weighted by Gasteiger charge is 2.04. The molecule has 5 nitrogen and oxygen atoms in total. The van der Waals surface area contributed by atoms with Gasteiger partial charge >= 0.3 is 0 Å². The van der Waals surface area contributed by atoms with Gasteiger partial charge in [0.2, 0.25) is 0 Å². The maximum absolute atomic E-state index is 11.6. The van der Waals surface area contributed by atoms with E-state index >= 15 is 0 Å². The summed E-state index contributed by atoms with van der Waals surface area (Å²) >= 11 is 0. The molecule has 1 aromatic rings. The fourth-order valence-electron chi connectivity index (χ4n) is 1.77. The van der Waals surface area contributed by atoms with Crippen molar-refractivity contribution in [3.8, 4) is 0 Å². The van der Waals surface area contributed by atoms with E-state index in [1.807, 2.05) is 12.3 Å². The highest BCUT2D eigenvalue weighted by atomic mass is 16.5. The van der Waals surface area contributed by atoms with Crippen molar-refractivity contribution in [2.45, 2.75) is 13.0 Å². The Balaban J connectivity index is 2.45. The van der Waals surface area contributed by atoms with Gasteiger partial charge in [-0.15, -0.1) is 0 Å². The lowest BCUT2D eigenvalue weighted by Gasteiger charge is -2.22. The first kappa shape index (κ1) is 14.9. The van der Waals surface area contributed by atoms with Gasteiger partial charge < -0.3 is 15.0 Å². The predicted octanol–water partition coefficient (Wildman–Crippen LogP) is 0.146. The monoisotopic (exact) mass is 253 g/mol. The van der Waals surface area contributed by atoms with Crippen LogP contribution < -0.4 is 11.3 Å². The van der Waals surface area contributed by atoms with Gasteiger partial charge in [-0.05, 0) is 25.6 Å². The fraction of sp³-hybridized carbons (Fsp3) is 0.615. The maximum Gasteiger partial charge on any atom is 0.250 e. The minimum atomic E-state index is 0.0445. The summed E-state index contributed by atoms with van der Waals surface area (Å²) < 4.78 is 6.81. The Morgan fingerprint density at radius 3 is 2.83 bits per heavy atom. The molecule has 0 unspecified atom stereocenters. The highest BCUT2D eigenvalue weighted by molar-refractivity contribution is 4.93. The van der Waals surface area contributed by atoms with Gasteiger partial charge in [-0.2, -0.15) is 0 Å². The van der Waals surface area contributed by atoms with Crippen LogP contribution in [0.1, 0.15) is 6.42 Å². The molecule has 1 aromatic heterocycles. The molecule has 5 heteroatoms. The Hall–Kier alpha value is -1.17. The normalized spacial score (nSPS) is 11.1. The molecule has 0 saturated carbocycles. The lowest BCUT2D eigenvalue weighted by Crippen LogP contribution is -2.34. The van der Waals surface area contributed by atoms with E-state index in [-0.39, 0.29) is 5.56 Å². The van der Waals surface area contributed by atoms with Gasteiger partial charge in [-0.1, -0.05) is 6.07 Å². The Morgan fingerprint density at radius 2 is 2.17 bits per heavy atom. The van der Waals surface area contributed by atoms with Crippen molar-refractivity contribution in [1.82, 2.24) is 9.47 Å². The van der Waals surface area contributed by atoms with Gasteiger partial charge in [0, 0.05) is 39.0 Å². The number of ether oxygens (including phenoxy) is 1. The summed E-state index contributed by atoms with van der Waals surface area (Å²) in [6.45, 7) is 4.75. The zero-order chi connectivity index (χ0) is 13.2. The highest BCUT2D eigenvalue weighted by Crippen LogP contribution is 1.93. The minimum Gasteiger partial charge on any atom is -0.383 e. The molecule has 0 spiro atoms. The van der Waals surface area contributed by atoms with Crippen LogP contribution in [0, 0.1) is 0 Å². The standard InChI is InChI=1S/C13H23N3O2/c1-18-12-11-15(7-4-6-14)9-10-16-8-3-2-5-13(16)17/h2-3,5,8H,4,6-7,9-12,14H2,1H3. The van der Waals surface area contributed by atoms with E-state index < -0.39 is 0 Å². The Kier molecular flexibility index (Phi) is 7.32. The van der Waals surface area contributed by atoms with Crippen molar-refractivity contribution in [3.63, 3.8) is 0 Å². The third-order valence-corrected chi connectivity index (χ3v) is 2.85. The number of methoxy groups -OCH3 is 1. The molecule has 0 aliphatic heterocycles. The number of nitrogens with two attached hydrogens (primary N) is 1. The zero-order valence-electron chi connectivity index (χ0n) is 11.0. The summed E-state index contributed by atoms with van der Waals surface area (Å²) in [6.07, 6.45) is 2.78. The minimum absolute atomic E-state index is 0.0445. The van der Waals surface area contributed by atoms with E-state index in [4.69, 9.17) is 10.5 Å². The van der Waals surface area contributed by atoms with Crippen LogP contribution in [0.3, 0.4) is 0 Å². The molecule has 0 amide bonds. The van der Waals surface area contributed by atoms with Gasteiger partial charge in [0.1, 0.15) is 0 Å². The van der Waals surface area contributed by atoms with Crippen molar-refractivity contribution >= 4 is 0 Å². The molecule has 0 atom stereocenters. The average molecular weight is 253 g/mol. The summed E-state index contributed by atoms with van der Waals surface area (Å²) in [7, 11) is 1.70. The van der Waals surface area contributed by atoms with E-state index in [1.54, 1.807) is 23.8 Å². The van der Waals surface area contributed by atoms with E-state index in [0.717, 1.165) is 26.1 Å². The Labute approximate surface area is 108 Å². The van der Waals surface area contributed by atoms with Crippen LogP contribution in [0.4, 0.5) is 0 Å². The van der Waals surface area contributed by atoms with Gasteiger partial charge in [-0.25, -0.2) is 0 Å². The molecular weight excluding hydrogens is 230 g/mol. The molecule has 0 bridgehead atoms. The van der Waals surface area contributed by atoms with E-state index in [9.17, 15) is 4.79 Å². The number of hydrogen-bond donors (Lipinski definition) is 1. The zero-order valence-corrected chi connectivity index (χ0v) is 11.0. The fourth-order valence-corrected chi connectivity index (χ4v) is 1.77. The topological polar surface area (TPSA) is 60.5 Å². The van der Waals surface area contributed by atoms with Crippen molar-refractivity contribution in [2.24, 2.45) is 5.73 Å². The Morgan fingerprint density at radius 1 is 1.33 bits per heavy atom. The summed E-state index contributed by atoms with van der Waals surface area (Å²) in [4.78, 5) is 13.8. The van der Waals surface area contributed by atoms with Crippen molar-refractivity contribution in [3.05, 3.63) is 34.7 Å². The molecular formula is C13H23N3O2. The predicted molar refractivity (Wildman–Crippen MR) is 72.7 cm³/mol. The average Bonchev–Trinajstić information content (AvgIpc) is 2.39. The first-order valence-electron chi connectivity index (χ1n) is 6.34. The van der Waals surface area contributed by atoms with Gasteiger partial charge in [-0.3, -0.25) is 9.69 Å². The second kappa shape index (κ2) is 8.85. The second-order valence-electron chi connectivity index (χ2n) is 4.21. The number of rotatable bonds is 9. The first-order valence-corrected chi connectivity index (χ1v) is 6.34. The lowest BCUT2D eigenvalue weighted by molar-refractivity contribution is 0.144. The third kappa shape index (κ3) is 5.44. The molecule has 0 aliphatic carbocycles. The molecule has 18 heavy (non-hydrogen) atoms. The smallest absolute Gasteiger partial charge is 0.250 e. The number of hydrogen-bond acceptors (Lipinski definition) is 4. The SMILES string of the molecule is COCCN(CCCN)CCn1ccccc1=O.